The average Bonchev–Trinajstić information content (AvgIpc) is 2.77. The Labute approximate surface area is 110 Å². The maximum Gasteiger partial charge on any atom is 0.131 e. The van der Waals surface area contributed by atoms with Gasteiger partial charge in [-0.1, -0.05) is 6.07 Å². The summed E-state index contributed by atoms with van der Waals surface area (Å²) in [6.45, 7) is 3.37. The fraction of sp³-hybridized carbons (Fsp3) is 0.286. The molecule has 1 heterocycles. The Hall–Kier alpha value is -1.39. The topological polar surface area (TPSA) is 21.3 Å². The summed E-state index contributed by atoms with van der Waals surface area (Å²) in [6, 6.07) is 4.93. The van der Waals surface area contributed by atoms with Crippen LogP contribution in [0.15, 0.2) is 29.0 Å². The number of thiophene rings is 1. The van der Waals surface area contributed by atoms with Crippen molar-refractivity contribution in [1.29, 1.82) is 0 Å². The zero-order chi connectivity index (χ0) is 13.0. The summed E-state index contributed by atoms with van der Waals surface area (Å²) in [5.74, 6) is 0.314. The minimum Gasteiger partial charge on any atom is -0.497 e. The lowest BCUT2D eigenvalue weighted by molar-refractivity contribution is 0.410. The molecule has 0 aliphatic carbocycles. The normalized spacial score (nSPS) is 10.6. The molecule has 0 aliphatic rings. The number of rotatable bonds is 5. The predicted molar refractivity (Wildman–Crippen MR) is 72.6 cm³/mol. The number of nitrogens with one attached hydrogen (secondary N) is 1. The first kappa shape index (κ1) is 13.1. The Morgan fingerprint density at radius 1 is 1.22 bits per heavy atom. The Kier molecular flexibility index (Phi) is 4.33. The minimum absolute atomic E-state index is 0.233. The van der Waals surface area contributed by atoms with E-state index in [4.69, 9.17) is 4.74 Å². The van der Waals surface area contributed by atoms with Crippen LogP contribution in [0.25, 0.3) is 0 Å². The van der Waals surface area contributed by atoms with Crippen LogP contribution in [-0.2, 0) is 13.1 Å². The molecule has 1 aromatic heterocycles. The van der Waals surface area contributed by atoms with Crippen LogP contribution in [0.2, 0.25) is 0 Å². The summed E-state index contributed by atoms with van der Waals surface area (Å²) in [6.07, 6.45) is 0. The monoisotopic (exact) mass is 265 g/mol. The molecular formula is C14H16FNOS. The van der Waals surface area contributed by atoms with E-state index in [0.717, 1.165) is 6.54 Å². The third-order valence-electron chi connectivity index (χ3n) is 2.85. The van der Waals surface area contributed by atoms with Gasteiger partial charge in [-0.05, 0) is 34.9 Å². The van der Waals surface area contributed by atoms with E-state index in [9.17, 15) is 4.39 Å². The second kappa shape index (κ2) is 5.98. The molecule has 0 spiro atoms. The van der Waals surface area contributed by atoms with E-state index in [1.54, 1.807) is 23.5 Å². The van der Waals surface area contributed by atoms with Crippen molar-refractivity contribution in [2.45, 2.75) is 20.0 Å². The van der Waals surface area contributed by atoms with E-state index in [0.29, 0.717) is 17.9 Å². The number of benzene rings is 1. The van der Waals surface area contributed by atoms with E-state index in [2.05, 4.69) is 23.0 Å². The van der Waals surface area contributed by atoms with Gasteiger partial charge in [0.2, 0.25) is 0 Å². The quantitative estimate of drug-likeness (QED) is 0.893. The van der Waals surface area contributed by atoms with E-state index in [1.165, 1.54) is 24.3 Å². The Balaban J connectivity index is 1.92. The Bertz CT molecular complexity index is 524. The molecule has 4 heteroatoms. The van der Waals surface area contributed by atoms with E-state index >= 15 is 0 Å². The van der Waals surface area contributed by atoms with Gasteiger partial charge in [0.05, 0.1) is 7.11 Å². The third-order valence-corrected chi connectivity index (χ3v) is 3.76. The Morgan fingerprint density at radius 2 is 2.00 bits per heavy atom. The molecule has 0 fully saturated rings. The van der Waals surface area contributed by atoms with Crippen molar-refractivity contribution >= 4 is 11.3 Å². The van der Waals surface area contributed by atoms with Crippen molar-refractivity contribution in [2.75, 3.05) is 7.11 Å². The molecule has 2 rings (SSSR count). The van der Waals surface area contributed by atoms with E-state index < -0.39 is 0 Å². The van der Waals surface area contributed by atoms with Crippen LogP contribution in [0, 0.1) is 12.7 Å². The van der Waals surface area contributed by atoms with Crippen molar-refractivity contribution in [3.05, 3.63) is 51.5 Å². The van der Waals surface area contributed by atoms with Crippen molar-refractivity contribution in [1.82, 2.24) is 5.32 Å². The second-order valence-corrected chi connectivity index (χ2v) is 4.88. The fourth-order valence-corrected chi connectivity index (χ4v) is 2.56. The fourth-order valence-electron chi connectivity index (χ4n) is 1.70. The van der Waals surface area contributed by atoms with Gasteiger partial charge in [-0.2, -0.15) is 11.3 Å². The summed E-state index contributed by atoms with van der Waals surface area (Å²) < 4.78 is 18.6. The first-order chi connectivity index (χ1) is 8.70. The van der Waals surface area contributed by atoms with Crippen molar-refractivity contribution in [2.24, 2.45) is 0 Å². The number of halogens is 1. The van der Waals surface area contributed by atoms with Crippen LogP contribution in [0.5, 0.6) is 5.75 Å². The van der Waals surface area contributed by atoms with E-state index in [-0.39, 0.29) is 5.82 Å². The highest BCUT2D eigenvalue weighted by molar-refractivity contribution is 7.08. The average molecular weight is 265 g/mol. The number of hydrogen-bond donors (Lipinski definition) is 1. The summed E-state index contributed by atoms with van der Waals surface area (Å²) in [4.78, 5) is 0. The lowest BCUT2D eigenvalue weighted by atomic mass is 10.2. The van der Waals surface area contributed by atoms with Crippen LogP contribution < -0.4 is 10.1 Å². The molecule has 0 unspecified atom stereocenters. The molecule has 0 saturated carbocycles. The zero-order valence-corrected chi connectivity index (χ0v) is 11.3. The van der Waals surface area contributed by atoms with Gasteiger partial charge in [0.15, 0.2) is 0 Å². The Morgan fingerprint density at radius 3 is 2.61 bits per heavy atom. The minimum atomic E-state index is -0.233. The molecule has 18 heavy (non-hydrogen) atoms. The highest BCUT2D eigenvalue weighted by Crippen LogP contribution is 2.17. The SMILES string of the molecule is COc1ccc(CNCc2cscc2C)c(F)c1. The predicted octanol–water partition coefficient (Wildman–Crippen LogP) is 3.49. The van der Waals surface area contributed by atoms with Crippen LogP contribution in [-0.4, -0.2) is 7.11 Å². The first-order valence-corrected chi connectivity index (χ1v) is 6.70. The molecule has 0 aliphatic heterocycles. The highest BCUT2D eigenvalue weighted by atomic mass is 32.1. The molecule has 0 amide bonds. The summed E-state index contributed by atoms with van der Waals surface area (Å²) in [5.41, 5.74) is 3.21. The molecule has 2 nitrogen and oxygen atoms in total. The van der Waals surface area contributed by atoms with Crippen LogP contribution in [0.1, 0.15) is 16.7 Å². The lowest BCUT2D eigenvalue weighted by Crippen LogP contribution is -2.13. The zero-order valence-electron chi connectivity index (χ0n) is 10.5. The van der Waals surface area contributed by atoms with Crippen LogP contribution in [0.3, 0.4) is 0 Å². The molecule has 0 radical (unpaired) electrons. The smallest absolute Gasteiger partial charge is 0.131 e. The third kappa shape index (κ3) is 3.09. The van der Waals surface area contributed by atoms with Gasteiger partial charge in [0.25, 0.3) is 0 Å². The van der Waals surface area contributed by atoms with Crippen molar-refractivity contribution < 1.29 is 9.13 Å². The van der Waals surface area contributed by atoms with Gasteiger partial charge in [-0.15, -0.1) is 0 Å². The maximum absolute atomic E-state index is 13.7. The molecule has 0 atom stereocenters. The number of methoxy groups -OCH3 is 1. The largest absolute Gasteiger partial charge is 0.497 e. The molecule has 0 bridgehead atoms. The van der Waals surface area contributed by atoms with Crippen molar-refractivity contribution in [3.63, 3.8) is 0 Å². The molecule has 1 N–H and O–H groups in total. The standard InChI is InChI=1S/C14H16FNOS/c1-10-8-18-9-12(10)7-16-6-11-3-4-13(17-2)5-14(11)15/h3-5,8-9,16H,6-7H2,1-2H3. The van der Waals surface area contributed by atoms with Crippen LogP contribution >= 0.6 is 11.3 Å². The maximum atomic E-state index is 13.7. The molecular weight excluding hydrogens is 249 g/mol. The van der Waals surface area contributed by atoms with Gasteiger partial charge in [0.1, 0.15) is 11.6 Å². The summed E-state index contributed by atoms with van der Waals surface area (Å²) in [5, 5.41) is 7.48. The lowest BCUT2D eigenvalue weighted by Gasteiger charge is -2.07. The number of hydrogen-bond acceptors (Lipinski definition) is 3. The second-order valence-electron chi connectivity index (χ2n) is 4.14. The van der Waals surface area contributed by atoms with E-state index in [1.807, 2.05) is 0 Å². The van der Waals surface area contributed by atoms with Gasteiger partial charge in [-0.25, -0.2) is 4.39 Å². The van der Waals surface area contributed by atoms with Crippen LogP contribution in [0.4, 0.5) is 4.39 Å². The number of aryl methyl sites for hydroxylation is 1. The molecule has 2 aromatic rings. The molecule has 96 valence electrons. The molecule has 1 aromatic carbocycles. The summed E-state index contributed by atoms with van der Waals surface area (Å²) >= 11 is 1.69. The van der Waals surface area contributed by atoms with Gasteiger partial charge >= 0.3 is 0 Å². The highest BCUT2D eigenvalue weighted by Gasteiger charge is 2.04. The van der Waals surface area contributed by atoms with Gasteiger partial charge < -0.3 is 10.1 Å². The van der Waals surface area contributed by atoms with Gasteiger partial charge in [0, 0.05) is 24.7 Å². The van der Waals surface area contributed by atoms with Gasteiger partial charge in [-0.3, -0.25) is 0 Å². The first-order valence-electron chi connectivity index (χ1n) is 5.75. The van der Waals surface area contributed by atoms with Crippen molar-refractivity contribution in [3.8, 4) is 5.75 Å². The number of ether oxygens (including phenoxy) is 1. The molecule has 0 saturated heterocycles. The summed E-state index contributed by atoms with van der Waals surface area (Å²) in [7, 11) is 1.53.